The Labute approximate surface area is 167 Å². The summed E-state index contributed by atoms with van der Waals surface area (Å²) in [5, 5.41) is 9.12. The number of rotatable bonds is 5. The number of hydrogen-bond donors (Lipinski definition) is 1. The summed E-state index contributed by atoms with van der Waals surface area (Å²) in [6.07, 6.45) is 6.05. The monoisotopic (exact) mass is 381 g/mol. The van der Waals surface area contributed by atoms with Crippen molar-refractivity contribution in [3.63, 3.8) is 0 Å². The van der Waals surface area contributed by atoms with Crippen molar-refractivity contribution in [3.05, 3.63) is 46.8 Å². The Balaban J connectivity index is 2.13. The van der Waals surface area contributed by atoms with Gasteiger partial charge in [-0.05, 0) is 59.8 Å². The molecule has 2 aromatic rings. The summed E-state index contributed by atoms with van der Waals surface area (Å²) in [5.41, 5.74) is 5.53. The number of carbonyl (C=O) groups is 1. The molecule has 5 heteroatoms. The molecule has 0 spiro atoms. The van der Waals surface area contributed by atoms with E-state index in [1.807, 2.05) is 0 Å². The first-order valence-electron chi connectivity index (χ1n) is 10.1. The molecule has 5 nitrogen and oxygen atoms in total. The van der Waals surface area contributed by atoms with Crippen molar-refractivity contribution in [1.29, 1.82) is 0 Å². The largest absolute Gasteiger partial charge is 0.478 e. The molecular formula is C23H31N3O2. The van der Waals surface area contributed by atoms with Crippen LogP contribution in [0.15, 0.2) is 24.5 Å². The fourth-order valence-electron chi connectivity index (χ4n) is 4.12. The minimum atomic E-state index is -1.01. The number of aryl methyl sites for hydroxylation is 1. The van der Waals surface area contributed by atoms with Crippen molar-refractivity contribution >= 4 is 17.6 Å². The van der Waals surface area contributed by atoms with Crippen molar-refractivity contribution in [1.82, 2.24) is 9.97 Å². The molecule has 3 rings (SSSR count). The van der Waals surface area contributed by atoms with Crippen LogP contribution in [0.5, 0.6) is 0 Å². The van der Waals surface area contributed by atoms with Gasteiger partial charge in [-0.3, -0.25) is 0 Å². The molecule has 0 saturated heterocycles. The molecule has 0 radical (unpaired) electrons. The lowest BCUT2D eigenvalue weighted by atomic mass is 9.63. The van der Waals surface area contributed by atoms with E-state index in [9.17, 15) is 4.79 Å². The molecule has 1 N–H and O–H groups in total. The van der Waals surface area contributed by atoms with E-state index >= 15 is 0 Å². The molecule has 1 aromatic carbocycles. The van der Waals surface area contributed by atoms with Crippen molar-refractivity contribution in [2.45, 2.75) is 71.6 Å². The van der Waals surface area contributed by atoms with Crippen molar-refractivity contribution in [2.75, 3.05) is 11.4 Å². The summed E-state index contributed by atoms with van der Waals surface area (Å²) >= 11 is 0. The first-order chi connectivity index (χ1) is 13.1. The number of hydrogen-bond acceptors (Lipinski definition) is 4. The third-order valence-electron chi connectivity index (χ3n) is 6.03. The predicted molar refractivity (Wildman–Crippen MR) is 113 cm³/mol. The second kappa shape index (κ2) is 7.19. The van der Waals surface area contributed by atoms with Gasteiger partial charge in [-0.25, -0.2) is 14.8 Å². The summed E-state index contributed by atoms with van der Waals surface area (Å²) < 4.78 is 0. The Morgan fingerprint density at radius 3 is 2.11 bits per heavy atom. The Morgan fingerprint density at radius 2 is 1.61 bits per heavy atom. The van der Waals surface area contributed by atoms with Gasteiger partial charge in [0, 0.05) is 24.6 Å². The molecule has 0 atom stereocenters. The van der Waals surface area contributed by atoms with Crippen molar-refractivity contribution in [2.24, 2.45) is 0 Å². The summed E-state index contributed by atoms with van der Waals surface area (Å²) in [5.74, 6) is -0.467. The lowest BCUT2D eigenvalue weighted by molar-refractivity contribution is 0.0696. The molecule has 28 heavy (non-hydrogen) atoms. The van der Waals surface area contributed by atoms with Gasteiger partial charge in [0.1, 0.15) is 0 Å². The van der Waals surface area contributed by atoms with Gasteiger partial charge >= 0.3 is 5.97 Å². The Kier molecular flexibility index (Phi) is 5.22. The lowest BCUT2D eigenvalue weighted by Crippen LogP contribution is -2.34. The van der Waals surface area contributed by atoms with E-state index in [0.717, 1.165) is 25.1 Å². The Morgan fingerprint density at radius 1 is 1.07 bits per heavy atom. The van der Waals surface area contributed by atoms with Gasteiger partial charge in [0.2, 0.25) is 5.95 Å². The predicted octanol–water partition coefficient (Wildman–Crippen LogP) is 5.38. The van der Waals surface area contributed by atoms with Crippen LogP contribution in [0, 0.1) is 6.92 Å². The quantitative estimate of drug-likeness (QED) is 0.753. The lowest BCUT2D eigenvalue weighted by Gasteiger charge is -2.43. The molecular weight excluding hydrogens is 350 g/mol. The van der Waals surface area contributed by atoms with Crippen LogP contribution in [-0.4, -0.2) is 27.6 Å². The van der Waals surface area contributed by atoms with Gasteiger partial charge in [-0.1, -0.05) is 40.7 Å². The van der Waals surface area contributed by atoms with Crippen LogP contribution in [0.4, 0.5) is 11.6 Å². The van der Waals surface area contributed by atoms with E-state index in [4.69, 9.17) is 5.11 Å². The van der Waals surface area contributed by atoms with E-state index in [1.165, 1.54) is 35.5 Å². The minimum Gasteiger partial charge on any atom is -0.478 e. The number of fused-ring (bicyclic) bond motifs is 1. The van der Waals surface area contributed by atoms with Crippen LogP contribution in [0.1, 0.15) is 80.9 Å². The van der Waals surface area contributed by atoms with Crippen LogP contribution >= 0.6 is 0 Å². The second-order valence-electron chi connectivity index (χ2n) is 9.18. The SMILES string of the molecule is CCCN(c1ncc(C(=O)O)cn1)c1cc2c(cc1C)C(C)(C)CCC2(C)C. The van der Waals surface area contributed by atoms with E-state index in [0.29, 0.717) is 5.95 Å². The highest BCUT2D eigenvalue weighted by atomic mass is 16.4. The highest BCUT2D eigenvalue weighted by Crippen LogP contribution is 2.48. The molecule has 1 heterocycles. The fourth-order valence-corrected chi connectivity index (χ4v) is 4.12. The van der Waals surface area contributed by atoms with Crippen molar-refractivity contribution in [3.8, 4) is 0 Å². The summed E-state index contributed by atoms with van der Waals surface area (Å²) in [6, 6.07) is 4.65. The standard InChI is InChI=1S/C23H31N3O2/c1-7-10-26(21-24-13-16(14-25-21)20(27)28)19-12-18-17(11-15(19)2)22(3,4)8-9-23(18,5)6/h11-14H,7-10H2,1-6H3,(H,27,28). The van der Waals surface area contributed by atoms with Gasteiger partial charge < -0.3 is 10.0 Å². The van der Waals surface area contributed by atoms with Crippen LogP contribution in [0.3, 0.4) is 0 Å². The smallest absolute Gasteiger partial charge is 0.338 e. The average molecular weight is 382 g/mol. The highest BCUT2D eigenvalue weighted by Gasteiger charge is 2.38. The first kappa shape index (κ1) is 20.3. The number of carboxylic acids is 1. The molecule has 0 amide bonds. The maximum Gasteiger partial charge on any atom is 0.338 e. The van der Waals surface area contributed by atoms with Crippen molar-refractivity contribution < 1.29 is 9.90 Å². The number of carboxylic acid groups (broad SMARTS) is 1. The molecule has 0 bridgehead atoms. The molecule has 0 saturated carbocycles. The molecule has 1 aliphatic carbocycles. The molecule has 1 aromatic heterocycles. The van der Waals surface area contributed by atoms with Gasteiger partial charge in [0.25, 0.3) is 0 Å². The molecule has 1 aliphatic rings. The van der Waals surface area contributed by atoms with E-state index < -0.39 is 5.97 Å². The maximum atomic E-state index is 11.1. The van der Waals surface area contributed by atoms with Crippen LogP contribution < -0.4 is 4.90 Å². The third-order valence-corrected chi connectivity index (χ3v) is 6.03. The number of nitrogens with zero attached hydrogens (tertiary/aromatic N) is 3. The zero-order valence-electron chi connectivity index (χ0n) is 17.8. The molecule has 0 aliphatic heterocycles. The van der Waals surface area contributed by atoms with Crippen LogP contribution in [-0.2, 0) is 10.8 Å². The van der Waals surface area contributed by atoms with Gasteiger partial charge in [-0.2, -0.15) is 0 Å². The first-order valence-corrected chi connectivity index (χ1v) is 10.1. The Hall–Kier alpha value is -2.43. The molecule has 0 unspecified atom stereocenters. The van der Waals surface area contributed by atoms with Gasteiger partial charge in [0.05, 0.1) is 5.56 Å². The number of aromatic nitrogens is 2. The topological polar surface area (TPSA) is 66.3 Å². The second-order valence-corrected chi connectivity index (χ2v) is 9.18. The van der Waals surface area contributed by atoms with Gasteiger partial charge in [0.15, 0.2) is 0 Å². The minimum absolute atomic E-state index is 0.102. The van der Waals surface area contributed by atoms with E-state index in [1.54, 1.807) is 0 Å². The van der Waals surface area contributed by atoms with Crippen LogP contribution in [0.2, 0.25) is 0 Å². The van der Waals surface area contributed by atoms with E-state index in [-0.39, 0.29) is 16.4 Å². The normalized spacial score (nSPS) is 17.1. The maximum absolute atomic E-state index is 11.1. The molecule has 150 valence electrons. The van der Waals surface area contributed by atoms with Gasteiger partial charge in [-0.15, -0.1) is 0 Å². The van der Waals surface area contributed by atoms with E-state index in [2.05, 4.69) is 68.5 Å². The fraction of sp³-hybridized carbons (Fsp3) is 0.522. The number of benzene rings is 1. The highest BCUT2D eigenvalue weighted by molar-refractivity contribution is 5.86. The summed E-state index contributed by atoms with van der Waals surface area (Å²) in [7, 11) is 0. The number of aromatic carboxylic acids is 1. The average Bonchev–Trinajstić information content (AvgIpc) is 2.64. The third kappa shape index (κ3) is 3.62. The van der Waals surface area contributed by atoms with Crippen LogP contribution in [0.25, 0.3) is 0 Å². The zero-order valence-corrected chi connectivity index (χ0v) is 17.8. The zero-order chi connectivity index (χ0) is 20.7. The summed E-state index contributed by atoms with van der Waals surface area (Å²) in [4.78, 5) is 21.9. The number of anilines is 2. The Bertz CT molecular complexity index is 885. The summed E-state index contributed by atoms with van der Waals surface area (Å²) in [6.45, 7) is 14.3. The molecule has 0 fully saturated rings.